The molecule has 1 N–H and O–H groups in total. The van der Waals surface area contributed by atoms with E-state index in [2.05, 4.69) is 70.1 Å². The molecule has 0 saturated heterocycles. The molecular weight excluding hydrogens is 476 g/mol. The van der Waals surface area contributed by atoms with Crippen molar-refractivity contribution in [3.8, 4) is 28.3 Å². The molecular formula is C29H34N8O. The third-order valence-electron chi connectivity index (χ3n) is 7.01. The quantitative estimate of drug-likeness (QED) is 0.278. The number of tetrazole rings is 1. The second-order valence-electron chi connectivity index (χ2n) is 9.83. The number of rotatable bonds is 10. The van der Waals surface area contributed by atoms with Crippen LogP contribution >= 0.6 is 0 Å². The monoisotopic (exact) mass is 510 g/mol. The SMILES string of the molecule is CCCCc1cn(-c2c(CC)ccn2C(C)C)c(=O)n1Cc1cnccc1-c1ccc(-c2nn[nH]n2)cc1. The maximum Gasteiger partial charge on any atom is 0.334 e. The van der Waals surface area contributed by atoms with Crippen molar-refractivity contribution in [2.45, 2.75) is 66.0 Å². The smallest absolute Gasteiger partial charge is 0.331 e. The van der Waals surface area contributed by atoms with Crippen molar-refractivity contribution in [2.75, 3.05) is 0 Å². The Morgan fingerprint density at radius 2 is 1.79 bits per heavy atom. The third-order valence-corrected chi connectivity index (χ3v) is 7.01. The van der Waals surface area contributed by atoms with Crippen molar-refractivity contribution >= 4 is 0 Å². The van der Waals surface area contributed by atoms with Crippen molar-refractivity contribution in [2.24, 2.45) is 0 Å². The van der Waals surface area contributed by atoms with Gasteiger partial charge in [-0.25, -0.2) is 4.79 Å². The maximum atomic E-state index is 14.0. The fourth-order valence-electron chi connectivity index (χ4n) is 4.95. The highest BCUT2D eigenvalue weighted by Gasteiger charge is 2.20. The molecule has 38 heavy (non-hydrogen) atoms. The fourth-order valence-corrected chi connectivity index (χ4v) is 4.95. The van der Waals surface area contributed by atoms with Gasteiger partial charge in [-0.2, -0.15) is 5.21 Å². The molecule has 5 aromatic rings. The van der Waals surface area contributed by atoms with E-state index in [1.54, 1.807) is 6.20 Å². The van der Waals surface area contributed by atoms with E-state index >= 15 is 0 Å². The second-order valence-corrected chi connectivity index (χ2v) is 9.83. The molecule has 0 radical (unpaired) electrons. The van der Waals surface area contributed by atoms with Crippen LogP contribution in [0.5, 0.6) is 0 Å². The Morgan fingerprint density at radius 1 is 1.00 bits per heavy atom. The summed E-state index contributed by atoms with van der Waals surface area (Å²) in [5, 5.41) is 14.3. The number of H-pyrrole nitrogens is 1. The molecule has 0 atom stereocenters. The Bertz CT molecular complexity index is 1560. The van der Waals surface area contributed by atoms with Crippen molar-refractivity contribution in [3.05, 3.63) is 88.5 Å². The lowest BCUT2D eigenvalue weighted by molar-refractivity contribution is 0.581. The number of nitrogens with zero attached hydrogens (tertiary/aromatic N) is 7. The van der Waals surface area contributed by atoms with E-state index in [4.69, 9.17) is 0 Å². The topological polar surface area (TPSA) is 99.2 Å². The van der Waals surface area contributed by atoms with Gasteiger partial charge < -0.3 is 4.57 Å². The molecule has 0 amide bonds. The first-order chi connectivity index (χ1) is 18.5. The van der Waals surface area contributed by atoms with E-state index in [9.17, 15) is 4.79 Å². The number of aromatic amines is 1. The van der Waals surface area contributed by atoms with E-state index in [0.29, 0.717) is 12.4 Å². The number of pyridine rings is 1. The molecule has 196 valence electrons. The van der Waals surface area contributed by atoms with Crippen molar-refractivity contribution in [1.29, 1.82) is 0 Å². The van der Waals surface area contributed by atoms with Crippen LogP contribution in [-0.2, 0) is 19.4 Å². The highest BCUT2D eigenvalue weighted by molar-refractivity contribution is 5.70. The predicted molar refractivity (Wildman–Crippen MR) is 148 cm³/mol. The molecule has 9 nitrogen and oxygen atoms in total. The Hall–Kier alpha value is -4.27. The van der Waals surface area contributed by atoms with Gasteiger partial charge in [0.15, 0.2) is 0 Å². The molecule has 0 aliphatic rings. The largest absolute Gasteiger partial charge is 0.334 e. The van der Waals surface area contributed by atoms with Crippen molar-refractivity contribution in [3.63, 3.8) is 0 Å². The summed E-state index contributed by atoms with van der Waals surface area (Å²) in [7, 11) is 0. The minimum absolute atomic E-state index is 0.0198. The van der Waals surface area contributed by atoms with Gasteiger partial charge in [-0.05, 0) is 72.7 Å². The maximum absolute atomic E-state index is 14.0. The highest BCUT2D eigenvalue weighted by atomic mass is 16.1. The zero-order chi connectivity index (χ0) is 26.6. The molecule has 0 aliphatic carbocycles. The first kappa shape index (κ1) is 25.4. The molecule has 9 heteroatoms. The lowest BCUT2D eigenvalue weighted by Gasteiger charge is -2.14. The van der Waals surface area contributed by atoms with E-state index < -0.39 is 0 Å². The molecule has 0 aliphatic heterocycles. The third kappa shape index (κ3) is 4.83. The van der Waals surface area contributed by atoms with E-state index in [0.717, 1.165) is 59.4 Å². The average Bonchev–Trinajstić information content (AvgIpc) is 3.68. The summed E-state index contributed by atoms with van der Waals surface area (Å²) in [5.74, 6) is 1.52. The van der Waals surface area contributed by atoms with E-state index in [1.165, 1.54) is 5.56 Å². The summed E-state index contributed by atoms with van der Waals surface area (Å²) >= 11 is 0. The zero-order valence-electron chi connectivity index (χ0n) is 22.4. The molecule has 4 aromatic heterocycles. The van der Waals surface area contributed by atoms with Crippen LogP contribution in [0.15, 0.2) is 66.0 Å². The Morgan fingerprint density at radius 3 is 2.47 bits per heavy atom. The first-order valence-electron chi connectivity index (χ1n) is 13.3. The number of benzene rings is 1. The van der Waals surface area contributed by atoms with Crippen LogP contribution in [0.3, 0.4) is 0 Å². The molecule has 0 saturated carbocycles. The molecule has 0 unspecified atom stereocenters. The Labute approximate surface area is 222 Å². The van der Waals surface area contributed by atoms with Gasteiger partial charge in [-0.15, -0.1) is 10.2 Å². The van der Waals surface area contributed by atoms with E-state index in [-0.39, 0.29) is 11.7 Å². The summed E-state index contributed by atoms with van der Waals surface area (Å²) in [4.78, 5) is 18.4. The summed E-state index contributed by atoms with van der Waals surface area (Å²) in [6.45, 7) is 9.06. The van der Waals surface area contributed by atoms with Gasteiger partial charge in [-0.3, -0.25) is 14.1 Å². The minimum atomic E-state index is -0.0198. The van der Waals surface area contributed by atoms with Crippen molar-refractivity contribution in [1.82, 2.24) is 39.3 Å². The standard InChI is InChI=1S/C29H34N8O/c1-5-7-8-25-19-37(28-21(6-2)14-16-35(28)20(3)4)29(38)36(25)18-24-17-30-15-13-26(24)22-9-11-23(12-10-22)27-31-33-34-32-27/h9-17,19-20H,5-8,18H2,1-4H3,(H,31,32,33,34). The van der Waals surface area contributed by atoms with Gasteiger partial charge in [0, 0.05) is 42.1 Å². The van der Waals surface area contributed by atoms with Crippen LogP contribution in [0.2, 0.25) is 0 Å². The molecule has 0 fully saturated rings. The van der Waals surface area contributed by atoms with Crippen LogP contribution in [0.4, 0.5) is 0 Å². The predicted octanol–water partition coefficient (Wildman–Crippen LogP) is 5.22. The van der Waals surface area contributed by atoms with Gasteiger partial charge in [0.1, 0.15) is 5.82 Å². The fraction of sp³-hybridized carbons (Fsp3) is 0.345. The lowest BCUT2D eigenvalue weighted by atomic mass is 10.00. The average molecular weight is 511 g/mol. The molecule has 0 spiro atoms. The normalized spacial score (nSPS) is 11.5. The molecule has 1 aromatic carbocycles. The van der Waals surface area contributed by atoms with Gasteiger partial charge in [0.05, 0.1) is 6.54 Å². The molecule has 4 heterocycles. The summed E-state index contributed by atoms with van der Waals surface area (Å²) < 4.78 is 5.95. The van der Waals surface area contributed by atoms with Crippen LogP contribution in [0.25, 0.3) is 28.3 Å². The zero-order valence-corrected chi connectivity index (χ0v) is 22.4. The Balaban J connectivity index is 1.56. The minimum Gasteiger partial charge on any atom is -0.331 e. The van der Waals surface area contributed by atoms with Crippen LogP contribution in [0, 0.1) is 0 Å². The van der Waals surface area contributed by atoms with Crippen LogP contribution in [0.1, 0.15) is 63.4 Å². The second kappa shape index (κ2) is 11.0. The number of hydrogen-bond donors (Lipinski definition) is 1. The summed E-state index contributed by atoms with van der Waals surface area (Å²) in [6.07, 6.45) is 11.6. The lowest BCUT2D eigenvalue weighted by Crippen LogP contribution is -2.27. The van der Waals surface area contributed by atoms with Gasteiger partial charge >= 0.3 is 5.69 Å². The number of unbranched alkanes of at least 4 members (excludes halogenated alkanes) is 1. The molecule has 0 bridgehead atoms. The van der Waals surface area contributed by atoms with Gasteiger partial charge in [-0.1, -0.05) is 44.5 Å². The van der Waals surface area contributed by atoms with Gasteiger partial charge in [0.25, 0.3) is 0 Å². The number of aryl methyl sites for hydroxylation is 2. The number of aromatic nitrogens is 8. The van der Waals surface area contributed by atoms with Gasteiger partial charge in [0.2, 0.25) is 5.82 Å². The number of hydrogen-bond acceptors (Lipinski definition) is 5. The number of nitrogens with one attached hydrogen (secondary N) is 1. The molecule has 5 rings (SSSR count). The van der Waals surface area contributed by atoms with Crippen LogP contribution in [-0.4, -0.2) is 39.3 Å². The Kier molecular flexibility index (Phi) is 7.35. The first-order valence-corrected chi connectivity index (χ1v) is 13.3. The number of imidazole rings is 1. The summed E-state index contributed by atoms with van der Waals surface area (Å²) in [6, 6.07) is 12.4. The van der Waals surface area contributed by atoms with Crippen molar-refractivity contribution < 1.29 is 0 Å². The summed E-state index contributed by atoms with van der Waals surface area (Å²) in [5.41, 5.74) is 6.15. The van der Waals surface area contributed by atoms with E-state index in [1.807, 2.05) is 51.9 Å². The highest BCUT2D eigenvalue weighted by Crippen LogP contribution is 2.27. The van der Waals surface area contributed by atoms with Crippen LogP contribution < -0.4 is 5.69 Å².